The second kappa shape index (κ2) is 7.41. The normalized spacial score (nSPS) is 20.6. The van der Waals surface area contributed by atoms with Crippen molar-refractivity contribution in [2.45, 2.75) is 26.5 Å². The molecule has 1 aliphatic rings. The summed E-state index contributed by atoms with van der Waals surface area (Å²) in [5.41, 5.74) is 2.74. The zero-order chi connectivity index (χ0) is 16.9. The molecule has 1 aliphatic heterocycles. The van der Waals surface area contributed by atoms with Gasteiger partial charge in [0, 0.05) is 5.92 Å². The van der Waals surface area contributed by atoms with Crippen LogP contribution in [0.15, 0.2) is 65.7 Å². The Labute approximate surface area is 142 Å². The first-order chi connectivity index (χ1) is 11.6. The van der Waals surface area contributed by atoms with E-state index in [0.717, 1.165) is 11.1 Å². The van der Waals surface area contributed by atoms with Crippen LogP contribution in [0.1, 0.15) is 31.0 Å². The van der Waals surface area contributed by atoms with E-state index in [0.29, 0.717) is 18.9 Å². The molecule has 0 aliphatic carbocycles. The highest BCUT2D eigenvalue weighted by Crippen LogP contribution is 2.22. The van der Waals surface area contributed by atoms with Gasteiger partial charge in [-0.2, -0.15) is 0 Å². The number of carbonyl (C=O) groups excluding carboxylic acids is 1. The number of hydrogen-bond donors (Lipinski definition) is 0. The molecule has 124 valence electrons. The van der Waals surface area contributed by atoms with Crippen molar-refractivity contribution >= 4 is 11.6 Å². The Morgan fingerprint density at radius 1 is 1.12 bits per heavy atom. The molecule has 4 heteroatoms. The summed E-state index contributed by atoms with van der Waals surface area (Å²) in [5, 5.41) is 1.44. The molecule has 1 amide bonds. The van der Waals surface area contributed by atoms with Crippen LogP contribution in [0.2, 0.25) is 0 Å². The summed E-state index contributed by atoms with van der Waals surface area (Å²) in [5.74, 6) is -0.0550. The van der Waals surface area contributed by atoms with E-state index in [1.807, 2.05) is 74.5 Å². The molecule has 2 aromatic carbocycles. The van der Waals surface area contributed by atoms with Gasteiger partial charge >= 0.3 is 0 Å². The van der Waals surface area contributed by atoms with Gasteiger partial charge in [0.05, 0.1) is 12.6 Å². The molecule has 0 saturated carbocycles. The van der Waals surface area contributed by atoms with Gasteiger partial charge in [-0.3, -0.25) is 14.6 Å². The van der Waals surface area contributed by atoms with E-state index in [4.69, 9.17) is 4.84 Å². The molecule has 1 saturated heterocycles. The van der Waals surface area contributed by atoms with E-state index >= 15 is 0 Å². The Bertz CT molecular complexity index is 713. The van der Waals surface area contributed by atoms with Crippen molar-refractivity contribution in [3.05, 3.63) is 71.8 Å². The number of benzene rings is 2. The Morgan fingerprint density at radius 2 is 1.75 bits per heavy atom. The molecule has 0 bridgehead atoms. The van der Waals surface area contributed by atoms with E-state index in [2.05, 4.69) is 4.99 Å². The second-order valence-corrected chi connectivity index (χ2v) is 6.13. The van der Waals surface area contributed by atoms with Crippen molar-refractivity contribution in [1.82, 2.24) is 5.06 Å². The average molecular weight is 322 g/mol. The molecular weight excluding hydrogens is 300 g/mol. The number of rotatable bonds is 5. The van der Waals surface area contributed by atoms with E-state index < -0.39 is 0 Å². The van der Waals surface area contributed by atoms with E-state index in [1.165, 1.54) is 5.06 Å². The Balaban J connectivity index is 1.67. The minimum absolute atomic E-state index is 0.0401. The van der Waals surface area contributed by atoms with E-state index in [9.17, 15) is 4.79 Å². The van der Waals surface area contributed by atoms with Gasteiger partial charge in [0.1, 0.15) is 12.3 Å². The molecule has 24 heavy (non-hydrogen) atoms. The summed E-state index contributed by atoms with van der Waals surface area (Å²) in [7, 11) is 0. The minimum atomic E-state index is -0.124. The quantitative estimate of drug-likeness (QED) is 0.840. The van der Waals surface area contributed by atoms with E-state index in [1.54, 1.807) is 0 Å². The van der Waals surface area contributed by atoms with Crippen LogP contribution >= 0.6 is 0 Å². The highest BCUT2D eigenvalue weighted by atomic mass is 16.7. The Hall–Kier alpha value is -2.46. The van der Waals surface area contributed by atoms with Crippen LogP contribution in [0, 0.1) is 5.92 Å². The lowest BCUT2D eigenvalue weighted by atomic mass is 10.1. The summed E-state index contributed by atoms with van der Waals surface area (Å²) in [4.78, 5) is 22.9. The third-order valence-corrected chi connectivity index (χ3v) is 4.20. The third kappa shape index (κ3) is 3.71. The number of amides is 1. The first-order valence-electron chi connectivity index (χ1n) is 8.26. The van der Waals surface area contributed by atoms with Gasteiger partial charge in [-0.1, -0.05) is 67.6 Å². The lowest BCUT2D eigenvalue weighted by molar-refractivity contribution is -0.180. The standard InChI is InChI=1S/C20H22N2O2/c1-15-13-22(24-14-17-9-5-3-6-10-17)20(23)19(15)21-16(2)18-11-7-4-8-12-18/h3-12,15-16H,13-14H2,1-2H3. The van der Waals surface area contributed by atoms with Crippen molar-refractivity contribution in [2.75, 3.05) is 6.54 Å². The van der Waals surface area contributed by atoms with Gasteiger partial charge in [-0.05, 0) is 18.1 Å². The average Bonchev–Trinajstić information content (AvgIpc) is 2.89. The predicted molar refractivity (Wildman–Crippen MR) is 94.4 cm³/mol. The zero-order valence-corrected chi connectivity index (χ0v) is 14.1. The smallest absolute Gasteiger partial charge is 0.276 e. The van der Waals surface area contributed by atoms with Crippen LogP contribution in [-0.4, -0.2) is 23.2 Å². The molecule has 2 aromatic rings. The molecular formula is C20H22N2O2. The summed E-state index contributed by atoms with van der Waals surface area (Å²) < 4.78 is 0. The van der Waals surface area contributed by atoms with E-state index in [-0.39, 0.29) is 17.9 Å². The number of carbonyl (C=O) groups is 1. The summed E-state index contributed by atoms with van der Waals surface area (Å²) in [6.45, 7) is 4.96. The first kappa shape index (κ1) is 16.4. The maximum absolute atomic E-state index is 12.6. The Morgan fingerprint density at radius 3 is 2.42 bits per heavy atom. The second-order valence-electron chi connectivity index (χ2n) is 6.13. The van der Waals surface area contributed by atoms with Crippen LogP contribution < -0.4 is 0 Å². The maximum Gasteiger partial charge on any atom is 0.291 e. The number of aliphatic imine (C=N–C) groups is 1. The molecule has 2 atom stereocenters. The number of hydrogen-bond acceptors (Lipinski definition) is 3. The predicted octanol–water partition coefficient (Wildman–Crippen LogP) is 3.80. The highest BCUT2D eigenvalue weighted by molar-refractivity contribution is 6.41. The highest BCUT2D eigenvalue weighted by Gasteiger charge is 2.35. The summed E-state index contributed by atoms with van der Waals surface area (Å²) >= 11 is 0. The van der Waals surface area contributed by atoms with Crippen LogP contribution in [0.5, 0.6) is 0 Å². The molecule has 0 spiro atoms. The van der Waals surface area contributed by atoms with Crippen molar-refractivity contribution in [3.63, 3.8) is 0 Å². The lowest BCUT2D eigenvalue weighted by Crippen LogP contribution is -2.27. The summed E-state index contributed by atoms with van der Waals surface area (Å²) in [6.07, 6.45) is 0. The van der Waals surface area contributed by atoms with Crippen molar-refractivity contribution < 1.29 is 9.63 Å². The first-order valence-corrected chi connectivity index (χ1v) is 8.26. The monoisotopic (exact) mass is 322 g/mol. The number of hydroxylamine groups is 2. The van der Waals surface area contributed by atoms with Gasteiger partial charge in [0.25, 0.3) is 5.91 Å². The fraction of sp³-hybridized carbons (Fsp3) is 0.300. The van der Waals surface area contributed by atoms with Crippen LogP contribution in [0.3, 0.4) is 0 Å². The molecule has 1 fully saturated rings. The molecule has 4 nitrogen and oxygen atoms in total. The number of nitrogens with zero attached hydrogens (tertiary/aromatic N) is 2. The molecule has 3 rings (SSSR count). The molecule has 0 aromatic heterocycles. The SMILES string of the molecule is CC1CN(OCc2ccccc2)C(=O)C1=NC(C)c1ccccc1. The van der Waals surface area contributed by atoms with Crippen LogP contribution in [0.4, 0.5) is 0 Å². The van der Waals surface area contributed by atoms with Gasteiger partial charge in [0.15, 0.2) is 0 Å². The molecule has 1 heterocycles. The van der Waals surface area contributed by atoms with Crippen molar-refractivity contribution in [1.29, 1.82) is 0 Å². The molecule has 2 unspecified atom stereocenters. The lowest BCUT2D eigenvalue weighted by Gasteiger charge is -2.15. The van der Waals surface area contributed by atoms with Crippen LogP contribution in [-0.2, 0) is 16.2 Å². The largest absolute Gasteiger partial charge is 0.291 e. The topological polar surface area (TPSA) is 41.9 Å². The third-order valence-electron chi connectivity index (χ3n) is 4.20. The molecule has 0 N–H and O–H groups in total. The Kier molecular flexibility index (Phi) is 5.06. The van der Waals surface area contributed by atoms with Gasteiger partial charge in [-0.25, -0.2) is 5.06 Å². The van der Waals surface area contributed by atoms with Crippen molar-refractivity contribution in [2.24, 2.45) is 10.9 Å². The van der Waals surface area contributed by atoms with Gasteiger partial charge in [0.2, 0.25) is 0 Å². The van der Waals surface area contributed by atoms with Gasteiger partial charge in [-0.15, -0.1) is 0 Å². The molecule has 0 radical (unpaired) electrons. The fourth-order valence-electron chi connectivity index (χ4n) is 2.79. The fourth-order valence-corrected chi connectivity index (χ4v) is 2.79. The minimum Gasteiger partial charge on any atom is -0.276 e. The zero-order valence-electron chi connectivity index (χ0n) is 14.1. The maximum atomic E-state index is 12.6. The van der Waals surface area contributed by atoms with Crippen LogP contribution in [0.25, 0.3) is 0 Å². The van der Waals surface area contributed by atoms with Gasteiger partial charge < -0.3 is 0 Å². The van der Waals surface area contributed by atoms with Crippen molar-refractivity contribution in [3.8, 4) is 0 Å². The summed E-state index contributed by atoms with van der Waals surface area (Å²) in [6, 6.07) is 19.8.